The van der Waals surface area contributed by atoms with Crippen LogP contribution in [0.4, 0.5) is 0 Å². The molecular formula is C46H36N2. The Morgan fingerprint density at radius 2 is 1.35 bits per heavy atom. The van der Waals surface area contributed by atoms with Crippen LogP contribution in [0.3, 0.4) is 0 Å². The van der Waals surface area contributed by atoms with E-state index < -0.39 is 0 Å². The summed E-state index contributed by atoms with van der Waals surface area (Å²) in [7, 11) is 0. The first-order valence-electron chi connectivity index (χ1n) is 17.1. The molecule has 1 atom stereocenters. The van der Waals surface area contributed by atoms with Crippen LogP contribution in [0, 0.1) is 5.92 Å². The highest BCUT2D eigenvalue weighted by Gasteiger charge is 2.21. The van der Waals surface area contributed by atoms with E-state index in [-0.39, 0.29) is 0 Å². The van der Waals surface area contributed by atoms with Crippen molar-refractivity contribution >= 4 is 43.7 Å². The summed E-state index contributed by atoms with van der Waals surface area (Å²) in [6.45, 7) is 2.34. The first-order valence-corrected chi connectivity index (χ1v) is 17.1. The van der Waals surface area contributed by atoms with Crippen molar-refractivity contribution < 1.29 is 0 Å². The van der Waals surface area contributed by atoms with Gasteiger partial charge in [0.2, 0.25) is 0 Å². The second-order valence-electron chi connectivity index (χ2n) is 13.1. The first-order chi connectivity index (χ1) is 23.7. The summed E-state index contributed by atoms with van der Waals surface area (Å²) in [4.78, 5) is 5.08. The highest BCUT2D eigenvalue weighted by Crippen LogP contribution is 2.44. The third-order valence-electron chi connectivity index (χ3n) is 10.1. The van der Waals surface area contributed by atoms with Crippen LogP contribution >= 0.6 is 0 Å². The second kappa shape index (κ2) is 11.8. The number of imidazole rings is 1. The van der Waals surface area contributed by atoms with E-state index in [9.17, 15) is 0 Å². The zero-order valence-corrected chi connectivity index (χ0v) is 27.1. The molecule has 1 heterocycles. The third-order valence-corrected chi connectivity index (χ3v) is 10.1. The number of hydrogen-bond donors (Lipinski definition) is 0. The van der Waals surface area contributed by atoms with Gasteiger partial charge in [-0.3, -0.25) is 4.57 Å². The van der Waals surface area contributed by atoms with Crippen molar-refractivity contribution in [1.29, 1.82) is 0 Å². The van der Waals surface area contributed by atoms with Gasteiger partial charge in [0.15, 0.2) is 0 Å². The molecule has 1 unspecified atom stereocenters. The van der Waals surface area contributed by atoms with Crippen LogP contribution < -0.4 is 0 Å². The highest BCUT2D eigenvalue weighted by atomic mass is 15.1. The Kier molecular flexibility index (Phi) is 7.01. The minimum Gasteiger partial charge on any atom is -0.292 e. The van der Waals surface area contributed by atoms with E-state index in [1.165, 1.54) is 54.9 Å². The Morgan fingerprint density at radius 3 is 2.15 bits per heavy atom. The van der Waals surface area contributed by atoms with Crippen LogP contribution in [0.1, 0.15) is 37.3 Å². The van der Waals surface area contributed by atoms with Crippen LogP contribution in [0.15, 0.2) is 158 Å². The zero-order valence-electron chi connectivity index (χ0n) is 27.1. The lowest BCUT2D eigenvalue weighted by molar-refractivity contribution is 0.759. The topological polar surface area (TPSA) is 17.8 Å². The highest BCUT2D eigenvalue weighted by molar-refractivity contribution is 6.20. The van der Waals surface area contributed by atoms with Crippen molar-refractivity contribution in [2.45, 2.75) is 26.2 Å². The van der Waals surface area contributed by atoms with Gasteiger partial charge in [-0.05, 0) is 110 Å². The second-order valence-corrected chi connectivity index (χ2v) is 13.1. The van der Waals surface area contributed by atoms with Crippen LogP contribution in [0.2, 0.25) is 0 Å². The van der Waals surface area contributed by atoms with Gasteiger partial charge >= 0.3 is 0 Å². The van der Waals surface area contributed by atoms with E-state index in [4.69, 9.17) is 4.98 Å². The first kappa shape index (κ1) is 28.5. The molecular weight excluding hydrogens is 581 g/mol. The van der Waals surface area contributed by atoms with E-state index in [0.717, 1.165) is 47.4 Å². The number of hydrogen-bond acceptors (Lipinski definition) is 1. The lowest BCUT2D eigenvalue weighted by Crippen LogP contribution is -2.01. The summed E-state index contributed by atoms with van der Waals surface area (Å²) in [5, 5.41) is 5.19. The van der Waals surface area contributed by atoms with E-state index in [0.29, 0.717) is 5.92 Å². The van der Waals surface area contributed by atoms with Crippen LogP contribution in [-0.2, 0) is 0 Å². The Hall–Kier alpha value is -5.73. The standard InChI is InChI=1S/C46H36N2/c1-31-14-8-9-19-37(31)35-26-29-40-41(30-35)45(39-21-11-10-20-38(39)44(40)32-15-4-2-5-16-32)33-24-27-36(28-25-33)48-43-23-13-12-22-42(43)47-46(48)34-17-6-3-7-18-34/h3-4,6-13,15-31H,2,5,14H2,1H3. The van der Waals surface area contributed by atoms with Crippen LogP contribution in [0.5, 0.6) is 0 Å². The molecule has 0 bridgehead atoms. The largest absolute Gasteiger partial charge is 0.292 e. The van der Waals surface area contributed by atoms with Crippen molar-refractivity contribution in [2.75, 3.05) is 0 Å². The molecule has 0 N–H and O–H groups in total. The lowest BCUT2D eigenvalue weighted by Gasteiger charge is -2.22. The lowest BCUT2D eigenvalue weighted by atomic mass is 9.82. The number of allylic oxidation sites excluding steroid dienone is 8. The predicted molar refractivity (Wildman–Crippen MR) is 204 cm³/mol. The summed E-state index contributed by atoms with van der Waals surface area (Å²) in [5.74, 6) is 1.44. The number of fused-ring (bicyclic) bond motifs is 3. The SMILES string of the molecule is CC1CC=CC=C1c1ccc2c(C3=CCCC=C3)c3ccccc3c(-c3ccc(-n4c(-c5ccccc5)nc5ccccc54)cc3)c2c1. The van der Waals surface area contributed by atoms with Gasteiger partial charge in [-0.15, -0.1) is 0 Å². The van der Waals surface area contributed by atoms with Gasteiger partial charge in [0.05, 0.1) is 11.0 Å². The van der Waals surface area contributed by atoms with E-state index in [2.05, 4.69) is 169 Å². The molecule has 6 aromatic carbocycles. The van der Waals surface area contributed by atoms with Gasteiger partial charge in [0.25, 0.3) is 0 Å². The van der Waals surface area contributed by atoms with Gasteiger partial charge in [-0.2, -0.15) is 0 Å². The molecule has 0 saturated heterocycles. The molecule has 7 aromatic rings. The monoisotopic (exact) mass is 616 g/mol. The van der Waals surface area contributed by atoms with Gasteiger partial charge in [0.1, 0.15) is 5.82 Å². The van der Waals surface area contributed by atoms with Crippen molar-refractivity contribution in [1.82, 2.24) is 9.55 Å². The van der Waals surface area contributed by atoms with Gasteiger partial charge < -0.3 is 0 Å². The molecule has 2 aliphatic rings. The molecule has 2 nitrogen and oxygen atoms in total. The van der Waals surface area contributed by atoms with Gasteiger partial charge in [-0.25, -0.2) is 4.98 Å². The molecule has 0 fully saturated rings. The molecule has 9 rings (SSSR count). The molecule has 0 aliphatic heterocycles. The van der Waals surface area contributed by atoms with Gasteiger partial charge in [-0.1, -0.05) is 134 Å². The Labute approximate surface area is 281 Å². The maximum atomic E-state index is 5.08. The summed E-state index contributed by atoms with van der Waals surface area (Å²) >= 11 is 0. The fourth-order valence-electron chi connectivity index (χ4n) is 7.75. The summed E-state index contributed by atoms with van der Waals surface area (Å²) in [5.41, 5.74) is 12.2. The summed E-state index contributed by atoms with van der Waals surface area (Å²) < 4.78 is 2.29. The molecule has 2 aliphatic carbocycles. The maximum absolute atomic E-state index is 5.08. The van der Waals surface area contributed by atoms with Crippen LogP contribution in [-0.4, -0.2) is 9.55 Å². The zero-order chi connectivity index (χ0) is 32.0. The number of aromatic nitrogens is 2. The normalized spacial score (nSPS) is 16.1. The molecule has 2 heteroatoms. The predicted octanol–water partition coefficient (Wildman–Crippen LogP) is 12.4. The Bertz CT molecular complexity index is 2470. The third kappa shape index (κ3) is 4.76. The summed E-state index contributed by atoms with van der Waals surface area (Å²) in [6.07, 6.45) is 17.1. The quantitative estimate of drug-likeness (QED) is 0.176. The number of para-hydroxylation sites is 2. The van der Waals surface area contributed by atoms with Crippen molar-refractivity contribution in [3.8, 4) is 28.2 Å². The number of benzene rings is 6. The Balaban J connectivity index is 1.28. The molecule has 1 aromatic heterocycles. The van der Waals surface area contributed by atoms with Crippen molar-refractivity contribution in [3.63, 3.8) is 0 Å². The number of rotatable bonds is 5. The minimum absolute atomic E-state index is 0.489. The Morgan fingerprint density at radius 1 is 0.625 bits per heavy atom. The van der Waals surface area contributed by atoms with Crippen molar-refractivity contribution in [3.05, 3.63) is 169 Å². The van der Waals surface area contributed by atoms with E-state index in [1.54, 1.807) is 0 Å². The maximum Gasteiger partial charge on any atom is 0.145 e. The smallest absolute Gasteiger partial charge is 0.145 e. The molecule has 48 heavy (non-hydrogen) atoms. The molecule has 0 amide bonds. The average molecular weight is 617 g/mol. The summed E-state index contributed by atoms with van der Waals surface area (Å²) in [6, 6.07) is 44.2. The molecule has 0 radical (unpaired) electrons. The molecule has 0 saturated carbocycles. The number of nitrogens with zero attached hydrogens (tertiary/aromatic N) is 2. The molecule has 0 spiro atoms. The van der Waals surface area contributed by atoms with E-state index in [1.807, 2.05) is 0 Å². The van der Waals surface area contributed by atoms with E-state index >= 15 is 0 Å². The van der Waals surface area contributed by atoms with Crippen molar-refractivity contribution in [2.24, 2.45) is 5.92 Å². The fraction of sp³-hybridized carbons (Fsp3) is 0.109. The fourth-order valence-corrected chi connectivity index (χ4v) is 7.75. The minimum atomic E-state index is 0.489. The van der Waals surface area contributed by atoms with Gasteiger partial charge in [0, 0.05) is 11.3 Å². The average Bonchev–Trinajstić information content (AvgIpc) is 3.54. The van der Waals surface area contributed by atoms with Crippen LogP contribution in [0.25, 0.3) is 71.9 Å². The molecule has 230 valence electrons.